The average Bonchev–Trinajstić information content (AvgIpc) is 2.77. The normalized spacial score (nSPS) is 11.0. The highest BCUT2D eigenvalue weighted by Gasteiger charge is 2.38. The van der Waals surface area contributed by atoms with Crippen molar-refractivity contribution >= 4 is 0 Å². The molecule has 0 N–H and O–H groups in total. The van der Waals surface area contributed by atoms with Gasteiger partial charge in [0.1, 0.15) is 11.8 Å². The van der Waals surface area contributed by atoms with Gasteiger partial charge in [0, 0.05) is 6.20 Å². The van der Waals surface area contributed by atoms with Gasteiger partial charge in [0.2, 0.25) is 0 Å². The largest absolute Gasteiger partial charge is 0.245 e. The first-order valence-electron chi connectivity index (χ1n) is 9.30. The first-order valence-corrected chi connectivity index (χ1v) is 9.30. The Labute approximate surface area is 165 Å². The van der Waals surface area contributed by atoms with E-state index in [1.54, 1.807) is 6.07 Å². The molecule has 0 aliphatic carbocycles. The Morgan fingerprint density at radius 1 is 0.643 bits per heavy atom. The maximum absolute atomic E-state index is 9.20. The van der Waals surface area contributed by atoms with Crippen molar-refractivity contribution in [3.63, 3.8) is 0 Å². The Balaban J connectivity index is 2.10. The van der Waals surface area contributed by atoms with Gasteiger partial charge in [0.05, 0.1) is 5.41 Å². The van der Waals surface area contributed by atoms with Gasteiger partial charge in [-0.25, -0.2) is 4.98 Å². The number of nitriles is 1. The van der Waals surface area contributed by atoms with Gasteiger partial charge in [-0.3, -0.25) is 0 Å². The van der Waals surface area contributed by atoms with Crippen molar-refractivity contribution in [2.45, 2.75) is 12.3 Å². The molecule has 0 bridgehead atoms. The highest BCUT2D eigenvalue weighted by atomic mass is 14.7. The van der Waals surface area contributed by atoms with Gasteiger partial charge in [0.25, 0.3) is 0 Å². The summed E-state index contributed by atoms with van der Waals surface area (Å²) in [6, 6.07) is 35.6. The predicted octanol–water partition coefficient (Wildman–Crippen LogP) is 5.64. The molecule has 0 aliphatic heterocycles. The lowest BCUT2D eigenvalue weighted by Gasteiger charge is -2.36. The fourth-order valence-electron chi connectivity index (χ4n) is 3.86. The van der Waals surface area contributed by atoms with Crippen LogP contribution in [0.2, 0.25) is 0 Å². The lowest BCUT2D eigenvalue weighted by atomic mass is 9.65. The third-order valence-corrected chi connectivity index (χ3v) is 5.21. The standard InChI is InChI=1S/C26H20N2/c1-20-12-14-23(15-13-20)26(21-8-4-2-5-9-21,22-10-6-3-7-11-22)24-16-17-25(18-27)28-19-24/h2-17,19H,1H3. The molecule has 3 aromatic carbocycles. The molecule has 0 aliphatic rings. The van der Waals surface area contributed by atoms with Crippen LogP contribution in [-0.4, -0.2) is 4.98 Å². The number of benzene rings is 3. The van der Waals surface area contributed by atoms with Gasteiger partial charge >= 0.3 is 0 Å². The van der Waals surface area contributed by atoms with Gasteiger partial charge in [-0.15, -0.1) is 0 Å². The van der Waals surface area contributed by atoms with E-state index < -0.39 is 5.41 Å². The molecule has 28 heavy (non-hydrogen) atoms. The molecule has 134 valence electrons. The summed E-state index contributed by atoms with van der Waals surface area (Å²) < 4.78 is 0. The molecule has 0 saturated carbocycles. The topological polar surface area (TPSA) is 36.7 Å². The van der Waals surface area contributed by atoms with Crippen LogP contribution < -0.4 is 0 Å². The molecule has 0 spiro atoms. The zero-order chi connectivity index (χ0) is 19.4. The zero-order valence-electron chi connectivity index (χ0n) is 15.7. The van der Waals surface area contributed by atoms with Crippen molar-refractivity contribution in [3.8, 4) is 6.07 Å². The molecule has 0 amide bonds. The fourth-order valence-corrected chi connectivity index (χ4v) is 3.86. The van der Waals surface area contributed by atoms with Crippen molar-refractivity contribution in [3.05, 3.63) is 137 Å². The Morgan fingerprint density at radius 2 is 1.14 bits per heavy atom. The molecule has 0 unspecified atom stereocenters. The molecule has 4 rings (SSSR count). The van der Waals surface area contributed by atoms with E-state index in [0.717, 1.165) is 16.7 Å². The van der Waals surface area contributed by atoms with E-state index in [9.17, 15) is 5.26 Å². The van der Waals surface area contributed by atoms with E-state index in [-0.39, 0.29) is 0 Å². The third-order valence-electron chi connectivity index (χ3n) is 5.21. The van der Waals surface area contributed by atoms with Crippen LogP contribution in [0.15, 0.2) is 103 Å². The lowest BCUT2D eigenvalue weighted by molar-refractivity contribution is 0.739. The first kappa shape index (κ1) is 17.7. The summed E-state index contributed by atoms with van der Waals surface area (Å²) >= 11 is 0. The van der Waals surface area contributed by atoms with Gasteiger partial charge in [-0.1, -0.05) is 96.6 Å². The fraction of sp³-hybridized carbons (Fsp3) is 0.0769. The van der Waals surface area contributed by atoms with Crippen LogP contribution in [0.25, 0.3) is 0 Å². The number of hydrogen-bond acceptors (Lipinski definition) is 2. The van der Waals surface area contributed by atoms with Crippen LogP contribution in [0, 0.1) is 18.3 Å². The minimum Gasteiger partial charge on any atom is -0.245 e. The second kappa shape index (κ2) is 7.50. The van der Waals surface area contributed by atoms with Crippen molar-refractivity contribution in [1.29, 1.82) is 5.26 Å². The van der Waals surface area contributed by atoms with Crippen molar-refractivity contribution in [2.75, 3.05) is 0 Å². The molecule has 0 saturated heterocycles. The van der Waals surface area contributed by atoms with E-state index in [4.69, 9.17) is 0 Å². The number of pyridine rings is 1. The first-order chi connectivity index (χ1) is 13.7. The average molecular weight is 360 g/mol. The molecule has 0 radical (unpaired) electrons. The molecule has 2 heteroatoms. The van der Waals surface area contributed by atoms with Crippen LogP contribution in [-0.2, 0) is 5.41 Å². The Bertz CT molecular complexity index is 1050. The van der Waals surface area contributed by atoms with E-state index >= 15 is 0 Å². The van der Waals surface area contributed by atoms with E-state index in [2.05, 4.69) is 90.8 Å². The summed E-state index contributed by atoms with van der Waals surface area (Å²) in [6.45, 7) is 2.10. The van der Waals surface area contributed by atoms with Crippen molar-refractivity contribution in [2.24, 2.45) is 0 Å². The molecule has 0 atom stereocenters. The Hall–Kier alpha value is -3.70. The highest BCUT2D eigenvalue weighted by Crippen LogP contribution is 2.44. The number of nitrogens with zero attached hydrogens (tertiary/aromatic N) is 2. The second-order valence-electron chi connectivity index (χ2n) is 6.89. The lowest BCUT2D eigenvalue weighted by Crippen LogP contribution is -2.31. The summed E-state index contributed by atoms with van der Waals surface area (Å²) in [6.07, 6.45) is 1.83. The molecule has 4 aromatic rings. The highest BCUT2D eigenvalue weighted by molar-refractivity contribution is 5.59. The minimum absolute atomic E-state index is 0.419. The summed E-state index contributed by atoms with van der Waals surface area (Å²) in [5.41, 5.74) is 5.65. The van der Waals surface area contributed by atoms with E-state index in [1.807, 2.05) is 24.4 Å². The maximum atomic E-state index is 9.20. The summed E-state index contributed by atoms with van der Waals surface area (Å²) in [5, 5.41) is 9.20. The predicted molar refractivity (Wildman–Crippen MR) is 112 cm³/mol. The number of aryl methyl sites for hydroxylation is 1. The smallest absolute Gasteiger partial charge is 0.140 e. The van der Waals surface area contributed by atoms with Crippen molar-refractivity contribution < 1.29 is 0 Å². The second-order valence-corrected chi connectivity index (χ2v) is 6.89. The molecular formula is C26H20N2. The summed E-state index contributed by atoms with van der Waals surface area (Å²) in [7, 11) is 0. The number of rotatable bonds is 4. The SMILES string of the molecule is Cc1ccc(C(c2ccccc2)(c2ccccc2)c2ccc(C#N)nc2)cc1. The van der Waals surface area contributed by atoms with Crippen molar-refractivity contribution in [1.82, 2.24) is 4.98 Å². The molecule has 0 fully saturated rings. The van der Waals surface area contributed by atoms with E-state index in [1.165, 1.54) is 11.1 Å². The summed E-state index contributed by atoms with van der Waals surface area (Å²) in [4.78, 5) is 4.40. The van der Waals surface area contributed by atoms with Crippen LogP contribution in [0.3, 0.4) is 0 Å². The summed E-state index contributed by atoms with van der Waals surface area (Å²) in [5.74, 6) is 0. The van der Waals surface area contributed by atoms with Crippen LogP contribution in [0.1, 0.15) is 33.5 Å². The van der Waals surface area contributed by atoms with Crippen LogP contribution >= 0.6 is 0 Å². The van der Waals surface area contributed by atoms with Crippen LogP contribution in [0.5, 0.6) is 0 Å². The Kier molecular flexibility index (Phi) is 4.74. The maximum Gasteiger partial charge on any atom is 0.140 e. The number of aromatic nitrogens is 1. The molecule has 1 aromatic heterocycles. The third kappa shape index (κ3) is 2.98. The number of hydrogen-bond donors (Lipinski definition) is 0. The molecule has 2 nitrogen and oxygen atoms in total. The quantitative estimate of drug-likeness (QED) is 0.441. The van der Waals surface area contributed by atoms with Gasteiger partial charge in [-0.2, -0.15) is 5.26 Å². The molecule has 1 heterocycles. The van der Waals surface area contributed by atoms with Gasteiger partial charge in [0.15, 0.2) is 0 Å². The Morgan fingerprint density at radius 3 is 1.61 bits per heavy atom. The van der Waals surface area contributed by atoms with Gasteiger partial charge < -0.3 is 0 Å². The minimum atomic E-state index is -0.517. The zero-order valence-corrected chi connectivity index (χ0v) is 15.7. The van der Waals surface area contributed by atoms with Gasteiger partial charge in [-0.05, 0) is 35.2 Å². The van der Waals surface area contributed by atoms with E-state index in [0.29, 0.717) is 5.69 Å². The monoisotopic (exact) mass is 360 g/mol. The molecular weight excluding hydrogens is 340 g/mol. The van der Waals surface area contributed by atoms with Crippen LogP contribution in [0.4, 0.5) is 0 Å².